The van der Waals surface area contributed by atoms with Gasteiger partial charge in [-0.05, 0) is 37.7 Å². The normalized spacial score (nSPS) is 17.8. The van der Waals surface area contributed by atoms with Crippen LogP contribution in [0.5, 0.6) is 0 Å². The predicted molar refractivity (Wildman–Crippen MR) is 101 cm³/mol. The van der Waals surface area contributed by atoms with Crippen LogP contribution >= 0.6 is 0 Å². The Labute approximate surface area is 150 Å². The van der Waals surface area contributed by atoms with Crippen molar-refractivity contribution in [3.8, 4) is 0 Å². The van der Waals surface area contributed by atoms with Crippen LogP contribution in [0.25, 0.3) is 0 Å². The fourth-order valence-electron chi connectivity index (χ4n) is 3.41. The van der Waals surface area contributed by atoms with E-state index >= 15 is 0 Å². The highest BCUT2D eigenvalue weighted by Crippen LogP contribution is 2.31. The summed E-state index contributed by atoms with van der Waals surface area (Å²) in [6.45, 7) is 8.04. The average molecular weight is 340 g/mol. The van der Waals surface area contributed by atoms with E-state index in [4.69, 9.17) is 0 Å². The number of aryl methyl sites for hydroxylation is 1. The highest BCUT2D eigenvalue weighted by atomic mass is 16.2. The number of amides is 2. The van der Waals surface area contributed by atoms with Gasteiger partial charge in [-0.2, -0.15) is 5.10 Å². The molecule has 2 aromatic rings. The third-order valence-electron chi connectivity index (χ3n) is 4.66. The van der Waals surface area contributed by atoms with E-state index in [1.54, 1.807) is 6.20 Å². The summed E-state index contributed by atoms with van der Waals surface area (Å²) in [6, 6.07) is 8.65. The molecule has 1 aliphatic heterocycles. The zero-order chi connectivity index (χ0) is 17.8. The molecule has 1 aromatic heterocycles. The molecule has 0 bridgehead atoms. The quantitative estimate of drug-likeness (QED) is 0.884. The summed E-state index contributed by atoms with van der Waals surface area (Å²) in [6.07, 6.45) is 6.87. The Hall–Kier alpha value is -2.30. The van der Waals surface area contributed by atoms with Crippen LogP contribution in [0.1, 0.15) is 50.3 Å². The van der Waals surface area contributed by atoms with Crippen LogP contribution in [0.15, 0.2) is 36.7 Å². The van der Waals surface area contributed by atoms with Crippen LogP contribution in [0.4, 0.5) is 10.5 Å². The molecule has 1 aromatic carbocycles. The third kappa shape index (κ3) is 4.41. The van der Waals surface area contributed by atoms with E-state index in [0.717, 1.165) is 38.0 Å². The number of benzene rings is 1. The lowest BCUT2D eigenvalue weighted by Crippen LogP contribution is -2.41. The lowest BCUT2D eigenvalue weighted by molar-refractivity contribution is 0.163. The zero-order valence-electron chi connectivity index (χ0n) is 15.4. The molecule has 1 saturated heterocycles. The van der Waals surface area contributed by atoms with Crippen molar-refractivity contribution in [1.29, 1.82) is 0 Å². The number of rotatable bonds is 4. The smallest absolute Gasteiger partial charge is 0.317 e. The second kappa shape index (κ2) is 7.72. The van der Waals surface area contributed by atoms with Gasteiger partial charge in [0.15, 0.2) is 0 Å². The van der Waals surface area contributed by atoms with Crippen molar-refractivity contribution in [3.63, 3.8) is 0 Å². The number of nitrogens with one attached hydrogen (secondary N) is 1. The summed E-state index contributed by atoms with van der Waals surface area (Å²) in [4.78, 5) is 14.8. The van der Waals surface area contributed by atoms with Gasteiger partial charge >= 0.3 is 6.03 Å². The summed E-state index contributed by atoms with van der Waals surface area (Å²) in [5.41, 5.74) is 3.22. The lowest BCUT2D eigenvalue weighted by atomic mass is 9.95. The molecule has 3 rings (SSSR count). The summed E-state index contributed by atoms with van der Waals surface area (Å²) < 4.78 is 1.88. The summed E-state index contributed by atoms with van der Waals surface area (Å²) >= 11 is 0. The van der Waals surface area contributed by atoms with Crippen LogP contribution in [0, 0.1) is 12.8 Å². The molecule has 134 valence electrons. The van der Waals surface area contributed by atoms with E-state index in [9.17, 15) is 4.79 Å². The van der Waals surface area contributed by atoms with Gasteiger partial charge in [0.25, 0.3) is 0 Å². The van der Waals surface area contributed by atoms with Gasteiger partial charge in [0, 0.05) is 19.3 Å². The minimum absolute atomic E-state index is 0.0330. The van der Waals surface area contributed by atoms with Gasteiger partial charge in [0.1, 0.15) is 0 Å². The van der Waals surface area contributed by atoms with Crippen molar-refractivity contribution in [2.24, 2.45) is 5.92 Å². The van der Waals surface area contributed by atoms with Crippen molar-refractivity contribution in [3.05, 3.63) is 47.8 Å². The maximum Gasteiger partial charge on any atom is 0.322 e. The van der Waals surface area contributed by atoms with Crippen LogP contribution in [0.3, 0.4) is 0 Å². The topological polar surface area (TPSA) is 50.2 Å². The molecule has 0 radical (unpaired) electrons. The van der Waals surface area contributed by atoms with Gasteiger partial charge in [-0.1, -0.05) is 43.7 Å². The number of aromatic nitrogens is 2. The van der Waals surface area contributed by atoms with E-state index in [1.165, 1.54) is 11.1 Å². The van der Waals surface area contributed by atoms with Crippen LogP contribution in [-0.2, 0) is 6.54 Å². The number of urea groups is 1. The van der Waals surface area contributed by atoms with E-state index in [2.05, 4.69) is 55.5 Å². The molecule has 1 N–H and O–H groups in total. The standard InChI is InChI=1S/C20H28N4O/c1-15(2)13-23-14-18(12-21-23)22-20(25)24-11-5-4-6-19(24)17-9-7-16(3)8-10-17/h7-10,12,14-15,19H,4-6,11,13H2,1-3H3,(H,22,25). The molecule has 5 heteroatoms. The highest BCUT2D eigenvalue weighted by Gasteiger charge is 2.28. The Bertz CT molecular complexity index is 705. The van der Waals surface area contributed by atoms with Gasteiger partial charge in [-0.15, -0.1) is 0 Å². The van der Waals surface area contributed by atoms with E-state index in [-0.39, 0.29) is 12.1 Å². The maximum absolute atomic E-state index is 12.8. The average Bonchev–Trinajstić information content (AvgIpc) is 3.01. The largest absolute Gasteiger partial charge is 0.322 e. The lowest BCUT2D eigenvalue weighted by Gasteiger charge is -2.36. The van der Waals surface area contributed by atoms with Crippen molar-refractivity contribution in [2.45, 2.75) is 52.6 Å². The molecular formula is C20H28N4O. The Morgan fingerprint density at radius 1 is 1.28 bits per heavy atom. The van der Waals surface area contributed by atoms with Crippen molar-refractivity contribution in [1.82, 2.24) is 14.7 Å². The number of nitrogens with zero attached hydrogens (tertiary/aromatic N) is 3. The number of carbonyl (C=O) groups is 1. The van der Waals surface area contributed by atoms with Gasteiger partial charge in [-0.3, -0.25) is 4.68 Å². The fourth-order valence-corrected chi connectivity index (χ4v) is 3.41. The SMILES string of the molecule is Cc1ccc(C2CCCCN2C(=O)Nc2cnn(CC(C)C)c2)cc1. The second-order valence-electron chi connectivity index (χ2n) is 7.39. The van der Waals surface area contributed by atoms with Gasteiger partial charge in [0.05, 0.1) is 17.9 Å². The molecule has 25 heavy (non-hydrogen) atoms. The number of likely N-dealkylation sites (tertiary alicyclic amines) is 1. The maximum atomic E-state index is 12.8. The molecule has 2 heterocycles. The number of hydrogen-bond donors (Lipinski definition) is 1. The van der Waals surface area contributed by atoms with E-state index in [0.29, 0.717) is 5.92 Å². The first-order valence-corrected chi connectivity index (χ1v) is 9.19. The first-order valence-electron chi connectivity index (χ1n) is 9.19. The molecule has 2 amide bonds. The molecule has 1 aliphatic rings. The minimum atomic E-state index is -0.0330. The monoisotopic (exact) mass is 340 g/mol. The molecule has 0 aliphatic carbocycles. The van der Waals surface area contributed by atoms with Crippen LogP contribution in [-0.4, -0.2) is 27.3 Å². The Morgan fingerprint density at radius 3 is 2.76 bits per heavy atom. The van der Waals surface area contributed by atoms with E-state index in [1.807, 2.05) is 15.8 Å². The first-order chi connectivity index (χ1) is 12.0. The molecule has 5 nitrogen and oxygen atoms in total. The molecular weight excluding hydrogens is 312 g/mol. The Kier molecular flexibility index (Phi) is 5.41. The van der Waals surface area contributed by atoms with Crippen LogP contribution in [0.2, 0.25) is 0 Å². The van der Waals surface area contributed by atoms with Crippen LogP contribution < -0.4 is 5.32 Å². The van der Waals surface area contributed by atoms with Gasteiger partial charge in [-0.25, -0.2) is 4.79 Å². The molecule has 1 atom stereocenters. The number of carbonyl (C=O) groups excluding carboxylic acids is 1. The summed E-state index contributed by atoms with van der Waals surface area (Å²) in [5, 5.41) is 7.34. The minimum Gasteiger partial charge on any atom is -0.317 e. The molecule has 0 spiro atoms. The molecule has 0 saturated carbocycles. The highest BCUT2D eigenvalue weighted by molar-refractivity contribution is 5.89. The number of anilines is 1. The molecule has 1 fully saturated rings. The number of piperidine rings is 1. The first kappa shape index (κ1) is 17.5. The predicted octanol–water partition coefficient (Wildman–Crippen LogP) is 4.61. The zero-order valence-corrected chi connectivity index (χ0v) is 15.4. The van der Waals surface area contributed by atoms with E-state index < -0.39 is 0 Å². The molecule has 1 unspecified atom stereocenters. The Balaban J connectivity index is 1.70. The fraction of sp³-hybridized carbons (Fsp3) is 0.500. The second-order valence-corrected chi connectivity index (χ2v) is 7.39. The Morgan fingerprint density at radius 2 is 2.04 bits per heavy atom. The van der Waals surface area contributed by atoms with Crippen molar-refractivity contribution in [2.75, 3.05) is 11.9 Å². The summed E-state index contributed by atoms with van der Waals surface area (Å²) in [7, 11) is 0. The van der Waals surface area contributed by atoms with Crippen molar-refractivity contribution >= 4 is 11.7 Å². The van der Waals surface area contributed by atoms with Crippen molar-refractivity contribution < 1.29 is 4.79 Å². The number of hydrogen-bond acceptors (Lipinski definition) is 2. The van der Waals surface area contributed by atoms with Gasteiger partial charge < -0.3 is 10.2 Å². The summed E-state index contributed by atoms with van der Waals surface area (Å²) in [5.74, 6) is 0.525. The third-order valence-corrected chi connectivity index (χ3v) is 4.66. The van der Waals surface area contributed by atoms with Gasteiger partial charge in [0.2, 0.25) is 0 Å².